The fraction of sp³-hybridized carbons (Fsp3) is 0.316. The maximum Gasteiger partial charge on any atom is 0.264 e. The highest BCUT2D eigenvalue weighted by molar-refractivity contribution is 5.82. The Morgan fingerprint density at radius 1 is 1.13 bits per heavy atom. The number of carbonyl (C=O) groups is 1. The summed E-state index contributed by atoms with van der Waals surface area (Å²) >= 11 is 0. The molecule has 1 aliphatic heterocycles. The van der Waals surface area contributed by atoms with Crippen molar-refractivity contribution in [1.82, 2.24) is 5.32 Å². The van der Waals surface area contributed by atoms with Gasteiger partial charge in [-0.1, -0.05) is 42.5 Å². The summed E-state index contributed by atoms with van der Waals surface area (Å²) in [6.07, 6.45) is 1.23. The van der Waals surface area contributed by atoms with Crippen LogP contribution in [0.25, 0.3) is 0 Å². The van der Waals surface area contributed by atoms with E-state index in [9.17, 15) is 4.79 Å². The molecule has 0 fully saturated rings. The number of benzene rings is 2. The quantitative estimate of drug-likeness (QED) is 0.923. The lowest BCUT2D eigenvalue weighted by Crippen LogP contribution is -2.47. The number of nitrogens with one attached hydrogen (secondary N) is 1. The van der Waals surface area contributed by atoms with Gasteiger partial charge >= 0.3 is 0 Å². The fourth-order valence-corrected chi connectivity index (χ4v) is 2.58. The van der Waals surface area contributed by atoms with Crippen LogP contribution in [-0.2, 0) is 11.2 Å². The van der Waals surface area contributed by atoms with Crippen molar-refractivity contribution in [1.29, 1.82) is 0 Å². The smallest absolute Gasteiger partial charge is 0.264 e. The molecule has 1 amide bonds. The molecule has 1 heterocycles. The highest BCUT2D eigenvalue weighted by Gasteiger charge is 2.27. The molecule has 2 unspecified atom stereocenters. The molecule has 0 bridgehead atoms. The monoisotopic (exact) mass is 311 g/mol. The zero-order chi connectivity index (χ0) is 16.1. The number of fused-ring (bicyclic) bond motifs is 1. The Morgan fingerprint density at radius 3 is 2.61 bits per heavy atom. The van der Waals surface area contributed by atoms with Crippen LogP contribution in [0.3, 0.4) is 0 Å². The zero-order valence-electron chi connectivity index (χ0n) is 13.2. The van der Waals surface area contributed by atoms with Gasteiger partial charge in [0.2, 0.25) is 6.10 Å². The molecule has 0 aromatic heterocycles. The Hall–Kier alpha value is -2.49. The number of para-hydroxylation sites is 2. The normalized spacial score (nSPS) is 17.3. The zero-order valence-corrected chi connectivity index (χ0v) is 13.2. The van der Waals surface area contributed by atoms with Crippen molar-refractivity contribution in [2.75, 3.05) is 6.61 Å². The molecular formula is C19H21NO3. The van der Waals surface area contributed by atoms with E-state index in [-0.39, 0.29) is 18.6 Å². The van der Waals surface area contributed by atoms with Crippen LogP contribution in [0, 0.1) is 0 Å². The fourth-order valence-electron chi connectivity index (χ4n) is 2.58. The van der Waals surface area contributed by atoms with Crippen molar-refractivity contribution in [3.05, 3.63) is 60.2 Å². The molecule has 23 heavy (non-hydrogen) atoms. The largest absolute Gasteiger partial charge is 0.485 e. The van der Waals surface area contributed by atoms with Gasteiger partial charge in [-0.15, -0.1) is 0 Å². The summed E-state index contributed by atoms with van der Waals surface area (Å²) in [5.41, 5.74) is 1.28. The standard InChI is InChI=1S/C19H21NO3/c1-14(11-12-15-7-3-2-4-8-15)20-19(21)18-13-22-16-9-5-6-10-17(16)23-18/h2-10,14,18H,11-13H2,1H3,(H,20,21). The van der Waals surface area contributed by atoms with Crippen LogP contribution < -0.4 is 14.8 Å². The average molecular weight is 311 g/mol. The van der Waals surface area contributed by atoms with E-state index in [0.717, 1.165) is 12.8 Å². The number of rotatable bonds is 5. The molecule has 2 aromatic carbocycles. The Bertz CT molecular complexity index is 657. The van der Waals surface area contributed by atoms with E-state index in [2.05, 4.69) is 17.4 Å². The van der Waals surface area contributed by atoms with Gasteiger partial charge in [-0.25, -0.2) is 0 Å². The lowest BCUT2D eigenvalue weighted by atomic mass is 10.1. The molecule has 3 rings (SSSR count). The number of hydrogen-bond donors (Lipinski definition) is 1. The topological polar surface area (TPSA) is 47.6 Å². The number of carbonyl (C=O) groups excluding carboxylic acids is 1. The second kappa shape index (κ2) is 7.18. The highest BCUT2D eigenvalue weighted by atomic mass is 16.6. The first-order chi connectivity index (χ1) is 11.2. The van der Waals surface area contributed by atoms with Crippen LogP contribution >= 0.6 is 0 Å². The molecule has 120 valence electrons. The molecule has 0 radical (unpaired) electrons. The number of amides is 1. The Labute approximate surface area is 136 Å². The summed E-state index contributed by atoms with van der Waals surface area (Å²) in [5, 5.41) is 3.01. The van der Waals surface area contributed by atoms with E-state index in [1.807, 2.05) is 49.4 Å². The predicted octanol–water partition coefficient (Wildman–Crippen LogP) is 2.96. The van der Waals surface area contributed by atoms with E-state index in [1.165, 1.54) is 5.56 Å². The van der Waals surface area contributed by atoms with E-state index in [4.69, 9.17) is 9.47 Å². The van der Waals surface area contributed by atoms with Crippen molar-refractivity contribution < 1.29 is 14.3 Å². The van der Waals surface area contributed by atoms with Gasteiger partial charge in [0.25, 0.3) is 5.91 Å². The van der Waals surface area contributed by atoms with Crippen LogP contribution in [0.5, 0.6) is 11.5 Å². The van der Waals surface area contributed by atoms with Gasteiger partial charge < -0.3 is 14.8 Å². The Morgan fingerprint density at radius 2 is 1.83 bits per heavy atom. The molecule has 2 aromatic rings. The Balaban J connectivity index is 1.49. The third-order valence-corrected chi connectivity index (χ3v) is 3.90. The molecular weight excluding hydrogens is 290 g/mol. The van der Waals surface area contributed by atoms with Gasteiger partial charge in [-0.05, 0) is 37.5 Å². The van der Waals surface area contributed by atoms with Crippen LogP contribution in [0.15, 0.2) is 54.6 Å². The first-order valence-electron chi connectivity index (χ1n) is 7.95. The van der Waals surface area contributed by atoms with Gasteiger partial charge in [0.1, 0.15) is 6.61 Å². The predicted molar refractivity (Wildman–Crippen MR) is 88.7 cm³/mol. The molecule has 2 atom stereocenters. The third-order valence-electron chi connectivity index (χ3n) is 3.90. The summed E-state index contributed by atoms with van der Waals surface area (Å²) in [5.74, 6) is 1.18. The summed E-state index contributed by atoms with van der Waals surface area (Å²) in [6.45, 7) is 2.26. The number of hydrogen-bond acceptors (Lipinski definition) is 3. The van der Waals surface area contributed by atoms with Crippen LogP contribution in [0.1, 0.15) is 18.9 Å². The van der Waals surface area contributed by atoms with Gasteiger partial charge in [-0.3, -0.25) is 4.79 Å². The molecule has 4 heteroatoms. The SMILES string of the molecule is CC(CCc1ccccc1)NC(=O)C1COc2ccccc2O1. The number of aryl methyl sites for hydroxylation is 1. The average Bonchev–Trinajstić information content (AvgIpc) is 2.60. The van der Waals surface area contributed by atoms with Crippen LogP contribution in [0.4, 0.5) is 0 Å². The van der Waals surface area contributed by atoms with Gasteiger partial charge in [0.05, 0.1) is 0 Å². The Kier molecular flexibility index (Phi) is 4.81. The molecule has 4 nitrogen and oxygen atoms in total. The second-order valence-electron chi connectivity index (χ2n) is 5.80. The van der Waals surface area contributed by atoms with E-state index < -0.39 is 6.10 Å². The first-order valence-corrected chi connectivity index (χ1v) is 7.95. The second-order valence-corrected chi connectivity index (χ2v) is 5.80. The first kappa shape index (κ1) is 15.4. The third kappa shape index (κ3) is 4.03. The van der Waals surface area contributed by atoms with Gasteiger partial charge in [0.15, 0.2) is 11.5 Å². The van der Waals surface area contributed by atoms with Crippen molar-refractivity contribution >= 4 is 5.91 Å². The summed E-state index contributed by atoms with van der Waals surface area (Å²) in [6, 6.07) is 17.8. The molecule has 0 saturated carbocycles. The minimum atomic E-state index is -0.593. The van der Waals surface area contributed by atoms with Crippen LogP contribution in [-0.4, -0.2) is 24.7 Å². The molecule has 0 spiro atoms. The minimum absolute atomic E-state index is 0.0866. The van der Waals surface area contributed by atoms with E-state index in [1.54, 1.807) is 0 Å². The highest BCUT2D eigenvalue weighted by Crippen LogP contribution is 2.30. The lowest BCUT2D eigenvalue weighted by molar-refractivity contribution is -0.131. The summed E-state index contributed by atoms with van der Waals surface area (Å²) < 4.78 is 11.3. The summed E-state index contributed by atoms with van der Waals surface area (Å²) in [4.78, 5) is 12.3. The lowest BCUT2D eigenvalue weighted by Gasteiger charge is -2.26. The van der Waals surface area contributed by atoms with Gasteiger partial charge in [0, 0.05) is 6.04 Å². The molecule has 0 aliphatic carbocycles. The summed E-state index contributed by atoms with van der Waals surface area (Å²) in [7, 11) is 0. The molecule has 0 saturated heterocycles. The van der Waals surface area contributed by atoms with Crippen molar-refractivity contribution in [3.63, 3.8) is 0 Å². The van der Waals surface area contributed by atoms with Crippen molar-refractivity contribution in [2.24, 2.45) is 0 Å². The number of ether oxygens (including phenoxy) is 2. The van der Waals surface area contributed by atoms with E-state index >= 15 is 0 Å². The maximum absolute atomic E-state index is 12.3. The molecule has 1 aliphatic rings. The van der Waals surface area contributed by atoms with Gasteiger partial charge in [-0.2, -0.15) is 0 Å². The molecule has 1 N–H and O–H groups in total. The minimum Gasteiger partial charge on any atom is -0.485 e. The van der Waals surface area contributed by atoms with Crippen molar-refractivity contribution in [2.45, 2.75) is 31.9 Å². The maximum atomic E-state index is 12.3. The van der Waals surface area contributed by atoms with Crippen LogP contribution in [0.2, 0.25) is 0 Å². The van der Waals surface area contributed by atoms with E-state index in [0.29, 0.717) is 11.5 Å². The van der Waals surface area contributed by atoms with Crippen molar-refractivity contribution in [3.8, 4) is 11.5 Å².